The van der Waals surface area contributed by atoms with Gasteiger partial charge in [-0.05, 0) is 54.5 Å². The Balaban J connectivity index is 1.43. The molecule has 1 saturated heterocycles. The molecule has 0 spiro atoms. The lowest BCUT2D eigenvalue weighted by atomic mass is 10.1. The molecule has 1 amide bonds. The summed E-state index contributed by atoms with van der Waals surface area (Å²) in [6.45, 7) is 0.751. The van der Waals surface area contributed by atoms with Gasteiger partial charge in [0, 0.05) is 42.3 Å². The van der Waals surface area contributed by atoms with E-state index >= 15 is 0 Å². The van der Waals surface area contributed by atoms with Crippen LogP contribution in [0.2, 0.25) is 0 Å². The second kappa shape index (κ2) is 7.41. The Morgan fingerprint density at radius 3 is 2.37 bits per heavy atom. The number of carbonyl (C=O) groups excluding carboxylic acids is 2. The highest BCUT2D eigenvalue weighted by Crippen LogP contribution is 2.22. The van der Waals surface area contributed by atoms with E-state index in [1.54, 1.807) is 41.7 Å². The Hall–Kier alpha value is -3.47. The van der Waals surface area contributed by atoms with E-state index in [1.807, 2.05) is 47.2 Å². The van der Waals surface area contributed by atoms with Gasteiger partial charge in [-0.15, -0.1) is 0 Å². The van der Waals surface area contributed by atoms with E-state index in [2.05, 4.69) is 4.98 Å². The van der Waals surface area contributed by atoms with Crippen LogP contribution >= 0.6 is 0 Å². The fourth-order valence-electron chi connectivity index (χ4n) is 3.16. The summed E-state index contributed by atoms with van der Waals surface area (Å²) in [7, 11) is 0. The normalized spacial score (nSPS) is 14.2. The summed E-state index contributed by atoms with van der Waals surface area (Å²) in [5.74, 6) is 0.0843. The zero-order valence-corrected chi connectivity index (χ0v) is 14.8. The third-order valence-corrected chi connectivity index (χ3v) is 4.66. The van der Waals surface area contributed by atoms with Gasteiger partial charge in [0.05, 0.1) is 6.33 Å². The number of amides is 1. The van der Waals surface area contributed by atoms with Gasteiger partial charge in [0.25, 0.3) is 0 Å². The molecular formula is C22H19N3O2. The lowest BCUT2D eigenvalue weighted by molar-refractivity contribution is -0.117. The van der Waals surface area contributed by atoms with Crippen molar-refractivity contribution in [3.05, 3.63) is 84.5 Å². The first kappa shape index (κ1) is 17.0. The Bertz CT molecular complexity index is 971. The van der Waals surface area contributed by atoms with Crippen LogP contribution < -0.4 is 4.90 Å². The Morgan fingerprint density at radius 2 is 1.74 bits per heavy atom. The molecule has 0 atom stereocenters. The highest BCUT2D eigenvalue weighted by molar-refractivity contribution is 6.07. The molecule has 0 aliphatic carbocycles. The molecule has 5 heteroatoms. The van der Waals surface area contributed by atoms with Crippen LogP contribution in [-0.4, -0.2) is 27.8 Å². The summed E-state index contributed by atoms with van der Waals surface area (Å²) >= 11 is 0. The van der Waals surface area contributed by atoms with Crippen LogP contribution in [0, 0.1) is 0 Å². The zero-order valence-electron chi connectivity index (χ0n) is 14.8. The van der Waals surface area contributed by atoms with Crippen molar-refractivity contribution in [1.82, 2.24) is 9.55 Å². The molecule has 2 heterocycles. The second-order valence-corrected chi connectivity index (χ2v) is 6.45. The molecule has 0 radical (unpaired) electrons. The van der Waals surface area contributed by atoms with Crippen molar-refractivity contribution in [2.24, 2.45) is 0 Å². The van der Waals surface area contributed by atoms with Crippen molar-refractivity contribution in [3.63, 3.8) is 0 Å². The van der Waals surface area contributed by atoms with E-state index in [0.717, 1.165) is 29.9 Å². The minimum atomic E-state index is -0.0621. The molecule has 1 aliphatic rings. The predicted octanol–water partition coefficient (Wildman–Crippen LogP) is 3.90. The molecule has 3 aromatic rings. The van der Waals surface area contributed by atoms with Crippen LogP contribution in [0.4, 0.5) is 5.69 Å². The molecule has 1 fully saturated rings. The lowest BCUT2D eigenvalue weighted by Crippen LogP contribution is -2.23. The van der Waals surface area contributed by atoms with E-state index in [-0.39, 0.29) is 11.7 Å². The van der Waals surface area contributed by atoms with Crippen LogP contribution in [0.15, 0.2) is 73.3 Å². The molecule has 1 aromatic heterocycles. The van der Waals surface area contributed by atoms with Crippen LogP contribution in [0.25, 0.3) is 11.8 Å². The van der Waals surface area contributed by atoms with Crippen LogP contribution in [0.3, 0.4) is 0 Å². The summed E-state index contributed by atoms with van der Waals surface area (Å²) in [5.41, 5.74) is 3.43. The summed E-state index contributed by atoms with van der Waals surface area (Å²) in [4.78, 5) is 30.0. The quantitative estimate of drug-likeness (QED) is 0.514. The zero-order chi connectivity index (χ0) is 18.6. The minimum absolute atomic E-state index is 0.0621. The fraction of sp³-hybridized carbons (Fsp3) is 0.136. The minimum Gasteiger partial charge on any atom is -0.312 e. The number of imidazole rings is 1. The van der Waals surface area contributed by atoms with Crippen molar-refractivity contribution in [3.8, 4) is 5.69 Å². The number of nitrogens with zero attached hydrogens (tertiary/aromatic N) is 3. The summed E-state index contributed by atoms with van der Waals surface area (Å²) in [6, 6.07) is 15.1. The van der Waals surface area contributed by atoms with Gasteiger partial charge in [-0.2, -0.15) is 0 Å². The predicted molar refractivity (Wildman–Crippen MR) is 105 cm³/mol. The smallest absolute Gasteiger partial charge is 0.227 e. The molecular weight excluding hydrogens is 338 g/mol. The van der Waals surface area contributed by atoms with E-state index < -0.39 is 0 Å². The summed E-state index contributed by atoms with van der Waals surface area (Å²) in [5, 5.41) is 0. The molecule has 0 saturated carbocycles. The maximum absolute atomic E-state index is 12.4. The number of benzene rings is 2. The SMILES string of the molecule is O=C(/C=C/c1ccc(-n2ccnc2)cc1)c1ccc(N2CCCC2=O)cc1. The number of hydrogen-bond donors (Lipinski definition) is 0. The Kier molecular flexibility index (Phi) is 4.66. The van der Waals surface area contributed by atoms with E-state index in [9.17, 15) is 9.59 Å². The average Bonchev–Trinajstić information content (AvgIpc) is 3.38. The highest BCUT2D eigenvalue weighted by Gasteiger charge is 2.21. The van der Waals surface area contributed by atoms with Crippen molar-refractivity contribution in [2.75, 3.05) is 11.4 Å². The van der Waals surface area contributed by atoms with Gasteiger partial charge in [-0.3, -0.25) is 9.59 Å². The van der Waals surface area contributed by atoms with Crippen LogP contribution in [-0.2, 0) is 4.79 Å². The Labute approximate surface area is 157 Å². The molecule has 2 aromatic carbocycles. The molecule has 134 valence electrons. The standard InChI is InChI=1S/C22H19N3O2/c26-21(18-6-10-20(11-7-18)25-14-1-2-22(25)27)12-5-17-3-8-19(9-4-17)24-15-13-23-16-24/h3-13,15-16H,1-2,14H2/b12-5+. The molecule has 1 aliphatic heterocycles. The molecule has 0 bridgehead atoms. The van der Waals surface area contributed by atoms with Gasteiger partial charge in [-0.25, -0.2) is 4.98 Å². The number of aromatic nitrogens is 2. The first-order valence-electron chi connectivity index (χ1n) is 8.92. The average molecular weight is 357 g/mol. The third kappa shape index (κ3) is 3.72. The van der Waals surface area contributed by atoms with Gasteiger partial charge in [0.2, 0.25) is 5.91 Å². The molecule has 5 nitrogen and oxygen atoms in total. The number of carbonyl (C=O) groups is 2. The number of allylic oxidation sites excluding steroid dienone is 1. The lowest BCUT2D eigenvalue weighted by Gasteiger charge is -2.15. The fourth-order valence-corrected chi connectivity index (χ4v) is 3.16. The van der Waals surface area contributed by atoms with Crippen molar-refractivity contribution >= 4 is 23.5 Å². The van der Waals surface area contributed by atoms with Crippen molar-refractivity contribution < 1.29 is 9.59 Å². The number of rotatable bonds is 5. The second-order valence-electron chi connectivity index (χ2n) is 6.45. The maximum Gasteiger partial charge on any atom is 0.227 e. The van der Waals surface area contributed by atoms with Crippen LogP contribution in [0.1, 0.15) is 28.8 Å². The molecule has 0 unspecified atom stereocenters. The van der Waals surface area contributed by atoms with Gasteiger partial charge >= 0.3 is 0 Å². The van der Waals surface area contributed by atoms with Crippen molar-refractivity contribution in [2.45, 2.75) is 12.8 Å². The highest BCUT2D eigenvalue weighted by atomic mass is 16.2. The molecule has 0 N–H and O–H groups in total. The number of anilines is 1. The van der Waals surface area contributed by atoms with Crippen molar-refractivity contribution in [1.29, 1.82) is 0 Å². The number of hydrogen-bond acceptors (Lipinski definition) is 3. The van der Waals surface area contributed by atoms with E-state index in [1.165, 1.54) is 0 Å². The maximum atomic E-state index is 12.4. The van der Waals surface area contributed by atoms with E-state index in [0.29, 0.717) is 12.0 Å². The first-order valence-corrected chi connectivity index (χ1v) is 8.92. The van der Waals surface area contributed by atoms with Gasteiger partial charge in [0.1, 0.15) is 0 Å². The monoisotopic (exact) mass is 357 g/mol. The molecule has 27 heavy (non-hydrogen) atoms. The summed E-state index contributed by atoms with van der Waals surface area (Å²) < 4.78 is 1.92. The van der Waals surface area contributed by atoms with Gasteiger partial charge in [-0.1, -0.05) is 18.2 Å². The van der Waals surface area contributed by atoms with Gasteiger partial charge < -0.3 is 9.47 Å². The molecule has 4 rings (SSSR count). The topological polar surface area (TPSA) is 55.2 Å². The number of ketones is 1. The third-order valence-electron chi connectivity index (χ3n) is 4.66. The summed E-state index contributed by atoms with van der Waals surface area (Å²) in [6.07, 6.45) is 10.2. The Morgan fingerprint density at radius 1 is 1.00 bits per heavy atom. The largest absolute Gasteiger partial charge is 0.312 e. The van der Waals surface area contributed by atoms with Crippen LogP contribution in [0.5, 0.6) is 0 Å². The first-order chi connectivity index (χ1) is 13.2. The van der Waals surface area contributed by atoms with E-state index in [4.69, 9.17) is 0 Å². The van der Waals surface area contributed by atoms with Gasteiger partial charge in [0.15, 0.2) is 5.78 Å².